The van der Waals surface area contributed by atoms with E-state index in [1.165, 1.54) is 29.0 Å². The molecule has 4 aliphatic rings. The van der Waals surface area contributed by atoms with Gasteiger partial charge in [-0.05, 0) is 42.5 Å². The molecular weight excluding hydrogens is 1230 g/mol. The quantitative estimate of drug-likeness (QED) is 0.0251. The fourth-order valence-corrected chi connectivity index (χ4v) is 11.9. The van der Waals surface area contributed by atoms with Gasteiger partial charge in [-0.3, -0.25) is 51.5 Å². The van der Waals surface area contributed by atoms with Crippen LogP contribution in [-0.2, 0) is 72.0 Å². The zero-order valence-corrected chi connectivity index (χ0v) is 49.1. The van der Waals surface area contributed by atoms with Gasteiger partial charge in [0.25, 0.3) is 11.8 Å². The summed E-state index contributed by atoms with van der Waals surface area (Å²) in [4.78, 5) is 131. The number of alkyl halides is 2. The predicted octanol–water partition coefficient (Wildman–Crippen LogP) is 1.46. The Kier molecular flexibility index (Phi) is 20.7. The predicted molar refractivity (Wildman–Crippen MR) is 301 cm³/mol. The van der Waals surface area contributed by atoms with Crippen molar-refractivity contribution < 1.29 is 98.7 Å². The maximum Gasteiger partial charge on any atom is 0.472 e. The highest BCUT2D eigenvalue weighted by atomic mass is 31.2. The van der Waals surface area contributed by atoms with E-state index in [2.05, 4.69) is 51.5 Å². The lowest BCUT2D eigenvalue weighted by molar-refractivity contribution is -0.137. The van der Waals surface area contributed by atoms with Crippen molar-refractivity contribution in [3.8, 4) is 0 Å². The van der Waals surface area contributed by atoms with Crippen molar-refractivity contribution in [3.63, 3.8) is 0 Å². The van der Waals surface area contributed by atoms with E-state index in [4.69, 9.17) is 43.8 Å². The van der Waals surface area contributed by atoms with Crippen LogP contribution in [0.25, 0.3) is 22.2 Å². The van der Waals surface area contributed by atoms with E-state index in [9.17, 15) is 57.6 Å². The van der Waals surface area contributed by atoms with Crippen LogP contribution in [0.5, 0.6) is 0 Å². The molecular formula is C51H63F2N15O19P2. The number of aliphatic hydroxyl groups excluding tert-OH is 1. The Hall–Kier alpha value is -8.02. The van der Waals surface area contributed by atoms with E-state index >= 15 is 8.78 Å². The van der Waals surface area contributed by atoms with Gasteiger partial charge in [0.1, 0.15) is 55.1 Å². The van der Waals surface area contributed by atoms with E-state index in [0.29, 0.717) is 16.6 Å². The number of amides is 7. The number of rotatable bonds is 23. The monoisotopic (exact) mass is 1290 g/mol. The highest BCUT2D eigenvalue weighted by Gasteiger charge is 2.55. The van der Waals surface area contributed by atoms with Gasteiger partial charge in [0.2, 0.25) is 11.8 Å². The number of imide groups is 1. The highest BCUT2D eigenvalue weighted by molar-refractivity contribution is 7.47. The molecule has 0 bridgehead atoms. The molecule has 4 aliphatic heterocycles. The third-order valence-electron chi connectivity index (χ3n) is 14.5. The number of halogens is 2. The molecule has 0 spiro atoms. The Balaban J connectivity index is 0.742. The van der Waals surface area contributed by atoms with E-state index < -0.39 is 144 Å². The fourth-order valence-electron chi connectivity index (χ4n) is 10.0. The maximum absolute atomic E-state index is 16.6. The third-order valence-corrected chi connectivity index (χ3v) is 16.5. The number of urea groups is 1. The van der Waals surface area contributed by atoms with Crippen LogP contribution >= 0.6 is 15.6 Å². The van der Waals surface area contributed by atoms with Crippen molar-refractivity contribution in [3.05, 3.63) is 73.2 Å². The second-order valence-electron chi connectivity index (χ2n) is 21.1. The zero-order valence-electron chi connectivity index (χ0n) is 47.3. The number of aromatic nitrogens is 7. The minimum atomic E-state index is -5.28. The van der Waals surface area contributed by atoms with Crippen LogP contribution in [-0.4, -0.2) is 184 Å². The molecule has 1 aromatic carbocycles. The number of nitrogens with two attached hydrogens (primary N) is 2. The van der Waals surface area contributed by atoms with Gasteiger partial charge in [0.05, 0.1) is 37.1 Å². The van der Waals surface area contributed by atoms with Gasteiger partial charge in [0, 0.05) is 69.0 Å². The van der Waals surface area contributed by atoms with Crippen LogP contribution in [0.2, 0.25) is 0 Å². The molecule has 3 unspecified atom stereocenters. The minimum absolute atomic E-state index is 0.0161. The number of anilines is 3. The molecule has 0 aliphatic carbocycles. The number of carbonyl (C=O) groups excluding carboxylic acids is 7. The Morgan fingerprint density at radius 2 is 1.46 bits per heavy atom. The van der Waals surface area contributed by atoms with Crippen LogP contribution in [0.3, 0.4) is 0 Å². The summed E-state index contributed by atoms with van der Waals surface area (Å²) >= 11 is 0. The molecule has 3 fully saturated rings. The standard InChI is InChI=1S/C51H63F2N15O19P2/c1-25(2)39(65-34(71)12-15-66-35(72)9-10-36(66)73)31(70)16-27(4-3-13-56-50(55)75)47(74)64-28-7-5-26(6-8-28)19-81-51(76)58-18-29(69)17-57-44-40-46(62-23-60-44)68(24-63-40)49-38(53)42-33(85-49)21-83-88(77,78)86-41-32(20-82-89(79,80)87-42)84-48(37(41)52)67-14-11-30-43(54)59-22-61-45(30)67/h5-11,14,22-25,27,29,32-33,37-39,41-42,48-49,69H,3-4,12-13,15-21H2,1-2H3,(H,58,76)(H,64,74)(H,65,71)(H,77,78)(H,79,80)(H2,54,59,61)(H3,55,56,75)(H,57,60,62)/t27-,29?,32-,33-,37-,38-,39+,41-,42-,48-,49-/m1/s1. The number of ether oxygens (including phenoxy) is 3. The van der Waals surface area contributed by atoms with Gasteiger partial charge in [0.15, 0.2) is 47.6 Å². The maximum atomic E-state index is 16.6. The molecule has 12 N–H and O–H groups in total. The Labute approximate surface area is 502 Å². The topological polar surface area (TPSA) is 469 Å². The summed E-state index contributed by atoms with van der Waals surface area (Å²) < 4.78 is 99.5. The molecule has 4 aromatic heterocycles. The fraction of sp³-hybridized carbons (Fsp3) is 0.490. The van der Waals surface area contributed by atoms with E-state index in [1.54, 1.807) is 26.0 Å². The number of carbonyl (C=O) groups is 7. The van der Waals surface area contributed by atoms with Crippen molar-refractivity contribution >= 4 is 96.7 Å². The number of hydrogen-bond acceptors (Lipinski definition) is 24. The largest absolute Gasteiger partial charge is 0.472 e. The number of primary amides is 1. The van der Waals surface area contributed by atoms with Crippen molar-refractivity contribution in [2.75, 3.05) is 55.8 Å². The summed E-state index contributed by atoms with van der Waals surface area (Å²) in [7, 11) is -10.5. The zero-order chi connectivity index (χ0) is 63.9. The Bertz CT molecular complexity index is 3570. The Morgan fingerprint density at radius 1 is 0.831 bits per heavy atom. The molecule has 480 valence electrons. The first-order valence-corrected chi connectivity index (χ1v) is 30.6. The first kappa shape index (κ1) is 65.4. The van der Waals surface area contributed by atoms with Crippen molar-refractivity contribution in [2.24, 2.45) is 17.6 Å². The second-order valence-corrected chi connectivity index (χ2v) is 23.9. The van der Waals surface area contributed by atoms with Crippen LogP contribution in [0, 0.1) is 11.8 Å². The number of phosphoric acid groups is 2. The number of phosphoric ester groups is 2. The highest BCUT2D eigenvalue weighted by Crippen LogP contribution is 2.54. The average molecular weight is 1290 g/mol. The van der Waals surface area contributed by atoms with Crippen molar-refractivity contribution in [2.45, 2.75) is 107 Å². The molecule has 89 heavy (non-hydrogen) atoms. The molecule has 7 amide bonds. The number of fused-ring (bicyclic) bond motifs is 4. The number of benzene rings is 1. The van der Waals surface area contributed by atoms with Crippen LogP contribution in [0.4, 0.5) is 35.7 Å². The number of hydrogen-bond donors (Lipinski definition) is 10. The summed E-state index contributed by atoms with van der Waals surface area (Å²) in [6.07, 6.45) is -10.7. The number of alkyl carbamates (subject to hydrolysis) is 1. The molecule has 13 atom stereocenters. The number of nitrogens with one attached hydrogen (secondary N) is 5. The van der Waals surface area contributed by atoms with E-state index in [0.717, 1.165) is 40.6 Å². The first-order valence-electron chi connectivity index (χ1n) is 27.6. The summed E-state index contributed by atoms with van der Waals surface area (Å²) in [5.74, 6) is -3.90. The summed E-state index contributed by atoms with van der Waals surface area (Å²) in [5.41, 5.74) is 12.0. The van der Waals surface area contributed by atoms with Crippen molar-refractivity contribution in [1.29, 1.82) is 0 Å². The molecule has 9 rings (SSSR count). The molecule has 8 heterocycles. The summed E-state index contributed by atoms with van der Waals surface area (Å²) in [6.45, 7) is 0.557. The lowest BCUT2D eigenvalue weighted by Crippen LogP contribution is -2.46. The lowest BCUT2D eigenvalue weighted by atomic mass is 9.89. The van der Waals surface area contributed by atoms with Gasteiger partial charge in [-0.2, -0.15) is 0 Å². The Morgan fingerprint density at radius 3 is 2.10 bits per heavy atom. The normalized spacial score (nSPS) is 26.4. The number of nitrogen functional groups attached to an aromatic ring is 1. The van der Waals surface area contributed by atoms with Gasteiger partial charge >= 0.3 is 27.8 Å². The van der Waals surface area contributed by atoms with E-state index in [1.807, 2.05) is 0 Å². The third kappa shape index (κ3) is 16.1. The van der Waals surface area contributed by atoms with E-state index in [-0.39, 0.29) is 86.9 Å². The summed E-state index contributed by atoms with van der Waals surface area (Å²) in [6, 6.07) is 5.89. The molecule has 34 nitrogen and oxygen atoms in total. The molecule has 3 saturated heterocycles. The number of aliphatic hydroxyl groups is 1. The number of nitrogens with zero attached hydrogens (tertiary/aromatic N) is 8. The van der Waals surface area contributed by atoms with Crippen LogP contribution in [0.15, 0.2) is 67.7 Å². The first-order chi connectivity index (χ1) is 42.3. The minimum Gasteiger partial charge on any atom is -0.445 e. The molecule has 0 radical (unpaired) electrons. The van der Waals surface area contributed by atoms with Gasteiger partial charge in [-0.25, -0.2) is 52.4 Å². The molecule has 5 aromatic rings. The smallest absolute Gasteiger partial charge is 0.445 e. The average Bonchev–Trinajstić information content (AvgIpc) is 1.66. The lowest BCUT2D eigenvalue weighted by Gasteiger charge is -2.27. The number of ketones is 1. The SMILES string of the molecule is CC(C)[C@H](NC(=O)CCN1C(=O)C=CC1=O)C(=O)C[C@@H](CCCNC(N)=O)C(=O)Nc1ccc(COC(=O)NCC(O)CNc2ncnc3c2ncn3[C@@H]2O[C@@H]3COP(=O)(O)O[C@H]4[C@@H](F)[C@H](n5ccc6c(N)ncnc65)O[C@@H]4COP(=O)(O)O[C@H]3[C@H]2F)cc1. The van der Waals surface area contributed by atoms with Gasteiger partial charge in [-0.15, -0.1) is 0 Å². The van der Waals surface area contributed by atoms with Crippen LogP contribution < -0.4 is 38.1 Å². The summed E-state index contributed by atoms with van der Waals surface area (Å²) in [5, 5.41) is 24.3. The van der Waals surface area contributed by atoms with Gasteiger partial charge in [-0.1, -0.05) is 26.0 Å². The van der Waals surface area contributed by atoms with Crippen LogP contribution in [0.1, 0.15) is 57.6 Å². The second kappa shape index (κ2) is 28.2. The molecule has 0 saturated carbocycles. The molecule has 38 heteroatoms. The number of imidazole rings is 1. The van der Waals surface area contributed by atoms with Gasteiger partial charge < -0.3 is 71.7 Å². The number of Topliss-reactive ketones (excluding diaryl/α,β-unsaturated/α-hetero) is 1. The van der Waals surface area contributed by atoms with Crippen molar-refractivity contribution in [1.82, 2.24) is 54.9 Å².